The first-order valence-corrected chi connectivity index (χ1v) is 28.1. The SMILES string of the molecule is CCC(O)(CC)c1cc(F)c(-c2csc(C3=C(CN4CCN(c5ccc(C(=O)NS(=O)(=O)c6ccc(NCC7CCC(C)(O)CC7)c([N+](=O)[O-])c6)c(Oc6cnc7[nH]ccc7c6)c5)CC4)CCC(C)(C)C3)c2)c(F)c1. The number of pyridine rings is 1. The second-order valence-corrected chi connectivity index (χ2v) is 24.1. The first kappa shape index (κ1) is 53.6. The molecule has 0 atom stereocenters. The molecule has 3 aromatic heterocycles. The summed E-state index contributed by atoms with van der Waals surface area (Å²) in [4.78, 5) is 38.2. The minimum atomic E-state index is -4.63. The molecule has 15 nitrogen and oxygen atoms in total. The number of carbonyl (C=O) groups excluding carboxylic acids is 1. The van der Waals surface area contributed by atoms with Gasteiger partial charge in [-0.1, -0.05) is 33.3 Å². The Bertz CT molecular complexity index is 3240. The third kappa shape index (κ3) is 11.9. The van der Waals surface area contributed by atoms with Crippen molar-refractivity contribution in [3.63, 3.8) is 0 Å². The van der Waals surface area contributed by atoms with Crippen LogP contribution in [-0.2, 0) is 15.6 Å². The smallest absolute Gasteiger partial charge is 0.293 e. The Labute approximate surface area is 440 Å². The van der Waals surface area contributed by atoms with Gasteiger partial charge in [-0.2, -0.15) is 0 Å². The number of thiophene rings is 1. The van der Waals surface area contributed by atoms with Crippen molar-refractivity contribution in [3.05, 3.63) is 128 Å². The molecule has 0 bridgehead atoms. The number of aromatic nitrogens is 2. The number of piperazine rings is 1. The molecule has 0 unspecified atom stereocenters. The fourth-order valence-corrected chi connectivity index (χ4v) is 12.6. The number of amides is 1. The van der Waals surface area contributed by atoms with E-state index in [1.54, 1.807) is 45.2 Å². The first-order valence-electron chi connectivity index (χ1n) is 25.7. The van der Waals surface area contributed by atoms with Gasteiger partial charge in [0, 0.05) is 73.5 Å². The molecule has 2 fully saturated rings. The number of carbonyl (C=O) groups is 1. The number of fused-ring (bicyclic) bond motifs is 1. The topological polar surface area (TPSA) is 203 Å². The van der Waals surface area contributed by atoms with E-state index in [1.807, 2.05) is 17.5 Å². The van der Waals surface area contributed by atoms with Crippen molar-refractivity contribution in [2.75, 3.05) is 49.5 Å². The van der Waals surface area contributed by atoms with Crippen molar-refractivity contribution in [2.45, 2.75) is 109 Å². The van der Waals surface area contributed by atoms with Crippen LogP contribution in [0.1, 0.15) is 113 Å². The molecule has 9 rings (SSSR count). The van der Waals surface area contributed by atoms with Crippen LogP contribution in [0.5, 0.6) is 11.5 Å². The van der Waals surface area contributed by atoms with Crippen LogP contribution in [0.15, 0.2) is 95.0 Å². The molecule has 1 saturated heterocycles. The summed E-state index contributed by atoms with van der Waals surface area (Å²) in [5.41, 5.74) is 2.06. The Balaban J connectivity index is 0.916. The quantitative estimate of drug-likeness (QED) is 0.0428. The third-order valence-electron chi connectivity index (χ3n) is 15.6. The van der Waals surface area contributed by atoms with Gasteiger partial charge in [-0.3, -0.25) is 19.8 Å². The minimum Gasteiger partial charge on any atom is -0.455 e. The van der Waals surface area contributed by atoms with E-state index in [0.29, 0.717) is 75.4 Å². The van der Waals surface area contributed by atoms with Crippen LogP contribution < -0.4 is 19.7 Å². The number of halogens is 2. The minimum absolute atomic E-state index is 0.0331. The van der Waals surface area contributed by atoms with Crippen molar-refractivity contribution >= 4 is 60.9 Å². The van der Waals surface area contributed by atoms with E-state index in [4.69, 9.17) is 4.74 Å². The molecule has 19 heteroatoms. The zero-order valence-corrected chi connectivity index (χ0v) is 44.6. The van der Waals surface area contributed by atoms with Gasteiger partial charge in [-0.05, 0) is 153 Å². The van der Waals surface area contributed by atoms with Crippen LogP contribution in [0.4, 0.5) is 25.8 Å². The Hall–Kier alpha value is -6.25. The molecule has 3 aromatic carbocycles. The van der Waals surface area contributed by atoms with E-state index in [-0.39, 0.29) is 39.5 Å². The van der Waals surface area contributed by atoms with E-state index in [2.05, 4.69) is 43.7 Å². The van der Waals surface area contributed by atoms with E-state index in [9.17, 15) is 33.5 Å². The number of nitrogens with zero attached hydrogens (tertiary/aromatic N) is 4. The Morgan fingerprint density at radius 1 is 0.987 bits per heavy atom. The lowest BCUT2D eigenvalue weighted by Crippen LogP contribution is -2.47. The van der Waals surface area contributed by atoms with Gasteiger partial charge >= 0.3 is 0 Å². The highest BCUT2D eigenvalue weighted by molar-refractivity contribution is 7.90. The monoisotopic (exact) mass is 1070 g/mol. The number of ether oxygens (including phenoxy) is 1. The summed E-state index contributed by atoms with van der Waals surface area (Å²) in [6.45, 7) is 13.7. The lowest BCUT2D eigenvalue weighted by molar-refractivity contribution is -0.384. The number of nitrogens with one attached hydrogen (secondary N) is 3. The molecule has 0 spiro atoms. The van der Waals surface area contributed by atoms with Crippen molar-refractivity contribution in [2.24, 2.45) is 11.3 Å². The molecule has 1 saturated carbocycles. The van der Waals surface area contributed by atoms with Crippen molar-refractivity contribution in [1.29, 1.82) is 0 Å². The standard InChI is InChI=1S/C56H65F2N7O8S2/c1-6-56(68,7-2)39-26-45(57)51(46(58)27-39)38-25-50(74-34-38)44-30-54(3,4)16-14-37(44)33-63-20-22-64(23-21-63)40-8-10-43(49(28-40)73-41-24-36-15-19-59-52(36)61-32-41)53(66)62-75(71,72)42-9-11-47(48(29-42)65(69)70)60-31-35-12-17-55(5,67)18-13-35/h8-11,15,19,24-29,32,34-35,60,67-68H,6-7,12-14,16-18,20-23,30-31,33H2,1-5H3,(H,59,61)(H,62,66). The summed E-state index contributed by atoms with van der Waals surface area (Å²) in [5.74, 6) is -1.84. The van der Waals surface area contributed by atoms with E-state index < -0.39 is 54.3 Å². The number of nitro groups is 1. The maximum absolute atomic E-state index is 15.7. The number of aromatic amines is 1. The number of nitro benzene ring substituents is 1. The maximum atomic E-state index is 15.7. The molecular weight excluding hydrogens is 1000 g/mol. The number of anilines is 2. The van der Waals surface area contributed by atoms with Crippen LogP contribution in [0.2, 0.25) is 0 Å². The summed E-state index contributed by atoms with van der Waals surface area (Å²) in [6, 6.07) is 16.4. The lowest BCUT2D eigenvalue weighted by atomic mass is 9.73. The average molecular weight is 1070 g/mol. The molecule has 2 aliphatic carbocycles. The van der Waals surface area contributed by atoms with Gasteiger partial charge < -0.3 is 30.2 Å². The molecular formula is C56H65F2N7O8S2. The average Bonchev–Trinajstić information content (AvgIpc) is 4.07. The Morgan fingerprint density at radius 3 is 2.40 bits per heavy atom. The van der Waals surface area contributed by atoms with Gasteiger partial charge in [0.1, 0.15) is 34.5 Å². The van der Waals surface area contributed by atoms with Crippen LogP contribution in [0, 0.1) is 33.1 Å². The molecule has 0 radical (unpaired) electrons. The highest BCUT2D eigenvalue weighted by atomic mass is 32.2. The number of benzene rings is 3. The van der Waals surface area contributed by atoms with Gasteiger partial charge in [0.15, 0.2) is 0 Å². The van der Waals surface area contributed by atoms with Crippen LogP contribution in [0.25, 0.3) is 27.7 Å². The summed E-state index contributed by atoms with van der Waals surface area (Å²) in [6.07, 6.45) is 9.32. The molecule has 6 aromatic rings. The van der Waals surface area contributed by atoms with Crippen molar-refractivity contribution in [1.82, 2.24) is 19.6 Å². The number of aliphatic hydroxyl groups is 2. The maximum Gasteiger partial charge on any atom is 0.293 e. The Kier molecular flexibility index (Phi) is 15.3. The first-order chi connectivity index (χ1) is 35.6. The highest BCUT2D eigenvalue weighted by Crippen LogP contribution is 2.46. The Morgan fingerprint density at radius 2 is 1.71 bits per heavy atom. The second-order valence-electron chi connectivity index (χ2n) is 21.5. The highest BCUT2D eigenvalue weighted by Gasteiger charge is 2.34. The van der Waals surface area contributed by atoms with Gasteiger partial charge in [-0.25, -0.2) is 26.9 Å². The zero-order valence-electron chi connectivity index (χ0n) is 43.0. The summed E-state index contributed by atoms with van der Waals surface area (Å²) < 4.78 is 67.5. The fraction of sp³-hybridized carbons (Fsp3) is 0.429. The molecule has 1 amide bonds. The van der Waals surface area contributed by atoms with Crippen molar-refractivity contribution < 1.29 is 41.9 Å². The molecule has 75 heavy (non-hydrogen) atoms. The lowest BCUT2D eigenvalue weighted by Gasteiger charge is -2.39. The van der Waals surface area contributed by atoms with E-state index >= 15 is 8.78 Å². The third-order valence-corrected chi connectivity index (χ3v) is 17.9. The fourth-order valence-electron chi connectivity index (χ4n) is 10.7. The van der Waals surface area contributed by atoms with Crippen LogP contribution in [0.3, 0.4) is 0 Å². The number of H-pyrrole nitrogens is 1. The van der Waals surface area contributed by atoms with Gasteiger partial charge in [0.25, 0.3) is 21.6 Å². The number of allylic oxidation sites excluding steroid dienone is 1. The van der Waals surface area contributed by atoms with Gasteiger partial charge in [-0.15, -0.1) is 11.3 Å². The van der Waals surface area contributed by atoms with Crippen LogP contribution in [-0.4, -0.2) is 89.2 Å². The second kappa shape index (κ2) is 21.4. The molecule has 5 N–H and O–H groups in total. The number of hydrogen-bond donors (Lipinski definition) is 5. The van der Waals surface area contributed by atoms with Crippen LogP contribution >= 0.6 is 11.3 Å². The molecule has 4 heterocycles. The number of sulfonamides is 1. The summed E-state index contributed by atoms with van der Waals surface area (Å²) in [7, 11) is -4.63. The largest absolute Gasteiger partial charge is 0.455 e. The number of hydrogen-bond acceptors (Lipinski definition) is 13. The van der Waals surface area contributed by atoms with Crippen molar-refractivity contribution in [3.8, 4) is 22.6 Å². The predicted octanol–water partition coefficient (Wildman–Crippen LogP) is 11.5. The summed E-state index contributed by atoms with van der Waals surface area (Å²) in [5, 5.41) is 39.2. The van der Waals surface area contributed by atoms with Gasteiger partial charge in [0.2, 0.25) is 0 Å². The van der Waals surface area contributed by atoms with Gasteiger partial charge in [0.05, 0.1) is 38.3 Å². The van der Waals surface area contributed by atoms with E-state index in [1.165, 1.54) is 59.0 Å². The predicted molar refractivity (Wildman–Crippen MR) is 289 cm³/mol. The number of rotatable bonds is 17. The summed E-state index contributed by atoms with van der Waals surface area (Å²) >= 11 is 1.49. The molecule has 398 valence electrons. The molecule has 1 aliphatic heterocycles. The van der Waals surface area contributed by atoms with E-state index in [0.717, 1.165) is 60.7 Å². The zero-order chi connectivity index (χ0) is 53.5. The normalized spacial score (nSPS) is 19.6. The molecule has 3 aliphatic rings.